The summed E-state index contributed by atoms with van der Waals surface area (Å²) in [6.07, 6.45) is 6.84. The molecule has 1 fully saturated rings. The van der Waals surface area contributed by atoms with Crippen LogP contribution in [0.5, 0.6) is 0 Å². The fourth-order valence-corrected chi connectivity index (χ4v) is 2.57. The van der Waals surface area contributed by atoms with Crippen molar-refractivity contribution in [3.8, 4) is 0 Å². The number of piperazine rings is 1. The van der Waals surface area contributed by atoms with Crippen molar-refractivity contribution < 1.29 is 4.79 Å². The van der Waals surface area contributed by atoms with Gasteiger partial charge in [-0.25, -0.2) is 9.78 Å². The van der Waals surface area contributed by atoms with E-state index in [1.807, 2.05) is 24.0 Å². The highest BCUT2D eigenvalue weighted by molar-refractivity contribution is 5.74. The van der Waals surface area contributed by atoms with E-state index in [4.69, 9.17) is 0 Å². The first-order valence-corrected chi connectivity index (χ1v) is 7.68. The average Bonchev–Trinajstić information content (AvgIpc) is 2.62. The van der Waals surface area contributed by atoms with E-state index in [0.717, 1.165) is 30.2 Å². The van der Waals surface area contributed by atoms with Gasteiger partial charge >= 0.3 is 6.03 Å². The third kappa shape index (κ3) is 3.74. The molecule has 3 rings (SSSR count). The van der Waals surface area contributed by atoms with Crippen LogP contribution in [-0.4, -0.2) is 52.1 Å². The van der Waals surface area contributed by atoms with Gasteiger partial charge < -0.3 is 15.1 Å². The molecule has 1 saturated heterocycles. The van der Waals surface area contributed by atoms with Gasteiger partial charge in [0.15, 0.2) is 0 Å². The molecular formula is C16H20N6O. The smallest absolute Gasteiger partial charge is 0.317 e. The Morgan fingerprint density at radius 1 is 1.17 bits per heavy atom. The quantitative estimate of drug-likeness (QED) is 0.922. The molecule has 23 heavy (non-hydrogen) atoms. The Bertz CT molecular complexity index is 655. The van der Waals surface area contributed by atoms with Crippen LogP contribution in [0.15, 0.2) is 36.9 Å². The van der Waals surface area contributed by atoms with Crippen molar-refractivity contribution in [3.63, 3.8) is 0 Å². The van der Waals surface area contributed by atoms with Gasteiger partial charge in [-0.1, -0.05) is 6.07 Å². The Labute approximate surface area is 135 Å². The van der Waals surface area contributed by atoms with Crippen LogP contribution in [0.25, 0.3) is 0 Å². The monoisotopic (exact) mass is 312 g/mol. The van der Waals surface area contributed by atoms with E-state index in [-0.39, 0.29) is 6.03 Å². The van der Waals surface area contributed by atoms with Gasteiger partial charge in [0.25, 0.3) is 0 Å². The summed E-state index contributed by atoms with van der Waals surface area (Å²) in [5, 5.41) is 2.94. The minimum absolute atomic E-state index is 0.0474. The number of hydrogen-bond acceptors (Lipinski definition) is 5. The Morgan fingerprint density at radius 3 is 2.70 bits per heavy atom. The molecule has 1 aliphatic heterocycles. The van der Waals surface area contributed by atoms with Crippen molar-refractivity contribution in [1.29, 1.82) is 0 Å². The predicted octanol–water partition coefficient (Wildman–Crippen LogP) is 1.21. The number of pyridine rings is 1. The molecule has 120 valence electrons. The van der Waals surface area contributed by atoms with Gasteiger partial charge in [0.1, 0.15) is 5.82 Å². The lowest BCUT2D eigenvalue weighted by Crippen LogP contribution is -2.52. The molecule has 2 aromatic rings. The van der Waals surface area contributed by atoms with Gasteiger partial charge in [-0.3, -0.25) is 9.97 Å². The average molecular weight is 312 g/mol. The van der Waals surface area contributed by atoms with E-state index >= 15 is 0 Å². The van der Waals surface area contributed by atoms with Gasteiger partial charge in [-0.2, -0.15) is 0 Å². The van der Waals surface area contributed by atoms with Crippen LogP contribution in [0, 0.1) is 6.92 Å². The van der Waals surface area contributed by atoms with Gasteiger partial charge in [-0.15, -0.1) is 0 Å². The minimum Gasteiger partial charge on any atom is -0.352 e. The second-order valence-corrected chi connectivity index (χ2v) is 5.46. The Hall–Kier alpha value is -2.70. The number of carbonyl (C=O) groups is 1. The number of nitrogens with one attached hydrogen (secondary N) is 1. The molecule has 0 bridgehead atoms. The Balaban J connectivity index is 1.50. The van der Waals surface area contributed by atoms with Crippen LogP contribution >= 0.6 is 0 Å². The van der Waals surface area contributed by atoms with E-state index in [9.17, 15) is 4.79 Å². The van der Waals surface area contributed by atoms with E-state index < -0.39 is 0 Å². The molecule has 7 heteroatoms. The number of aryl methyl sites for hydroxylation is 1. The first-order valence-electron chi connectivity index (χ1n) is 7.68. The van der Waals surface area contributed by atoms with Crippen LogP contribution in [0.4, 0.5) is 10.6 Å². The molecule has 1 N–H and O–H groups in total. The molecule has 0 atom stereocenters. The maximum Gasteiger partial charge on any atom is 0.317 e. The van der Waals surface area contributed by atoms with Crippen molar-refractivity contribution in [3.05, 3.63) is 48.2 Å². The first kappa shape index (κ1) is 15.2. The van der Waals surface area contributed by atoms with Crippen LogP contribution in [0.1, 0.15) is 11.3 Å². The molecule has 0 spiro atoms. The number of amides is 2. The van der Waals surface area contributed by atoms with Gasteiger partial charge in [0.05, 0.1) is 18.4 Å². The van der Waals surface area contributed by atoms with Crippen molar-refractivity contribution in [1.82, 2.24) is 25.2 Å². The lowest BCUT2D eigenvalue weighted by Gasteiger charge is -2.35. The number of anilines is 1. The molecule has 0 unspecified atom stereocenters. The first-order chi connectivity index (χ1) is 11.2. The topological polar surface area (TPSA) is 74.2 Å². The van der Waals surface area contributed by atoms with Crippen molar-refractivity contribution >= 4 is 11.8 Å². The SMILES string of the molecule is Cc1cccnc1CNC(=O)N1CCN(c2cnccn2)CC1. The van der Waals surface area contributed by atoms with E-state index in [2.05, 4.69) is 25.2 Å². The Morgan fingerprint density at radius 2 is 2.00 bits per heavy atom. The summed E-state index contributed by atoms with van der Waals surface area (Å²) in [6.45, 7) is 5.31. The van der Waals surface area contributed by atoms with E-state index in [1.54, 1.807) is 24.8 Å². The fraction of sp³-hybridized carbons (Fsp3) is 0.375. The maximum atomic E-state index is 12.3. The largest absolute Gasteiger partial charge is 0.352 e. The van der Waals surface area contributed by atoms with Crippen LogP contribution in [0.2, 0.25) is 0 Å². The third-order valence-corrected chi connectivity index (χ3v) is 3.97. The maximum absolute atomic E-state index is 12.3. The predicted molar refractivity (Wildman–Crippen MR) is 87.0 cm³/mol. The molecule has 3 heterocycles. The number of rotatable bonds is 3. The lowest BCUT2D eigenvalue weighted by molar-refractivity contribution is 0.193. The van der Waals surface area contributed by atoms with Crippen molar-refractivity contribution in [2.24, 2.45) is 0 Å². The standard InChI is InChI=1S/C16H20N6O/c1-13-3-2-4-18-14(13)11-20-16(23)22-9-7-21(8-10-22)15-12-17-5-6-19-15/h2-6,12H,7-11H2,1H3,(H,20,23). The van der Waals surface area contributed by atoms with Crippen LogP contribution in [-0.2, 0) is 6.54 Å². The summed E-state index contributed by atoms with van der Waals surface area (Å²) in [5.41, 5.74) is 1.99. The Kier molecular flexibility index (Phi) is 4.65. The van der Waals surface area contributed by atoms with Crippen LogP contribution in [0.3, 0.4) is 0 Å². The second kappa shape index (κ2) is 7.04. The van der Waals surface area contributed by atoms with Crippen LogP contribution < -0.4 is 10.2 Å². The molecule has 0 aliphatic carbocycles. The summed E-state index contributed by atoms with van der Waals surface area (Å²) in [5.74, 6) is 0.858. The number of aromatic nitrogens is 3. The highest BCUT2D eigenvalue weighted by Crippen LogP contribution is 2.11. The highest BCUT2D eigenvalue weighted by Gasteiger charge is 2.21. The number of nitrogens with zero attached hydrogens (tertiary/aromatic N) is 5. The second-order valence-electron chi connectivity index (χ2n) is 5.46. The van der Waals surface area contributed by atoms with Gasteiger partial charge in [-0.05, 0) is 18.6 Å². The zero-order valence-corrected chi connectivity index (χ0v) is 13.1. The zero-order chi connectivity index (χ0) is 16.1. The lowest BCUT2D eigenvalue weighted by atomic mass is 10.2. The van der Waals surface area contributed by atoms with E-state index in [1.165, 1.54) is 0 Å². The van der Waals surface area contributed by atoms with Gasteiger partial charge in [0.2, 0.25) is 0 Å². The zero-order valence-electron chi connectivity index (χ0n) is 13.1. The minimum atomic E-state index is -0.0474. The number of carbonyl (C=O) groups excluding carboxylic acids is 1. The highest BCUT2D eigenvalue weighted by atomic mass is 16.2. The molecular weight excluding hydrogens is 292 g/mol. The summed E-state index contributed by atoms with van der Waals surface area (Å²) in [6, 6.07) is 3.84. The third-order valence-electron chi connectivity index (χ3n) is 3.97. The molecule has 0 saturated carbocycles. The molecule has 1 aliphatic rings. The normalized spacial score (nSPS) is 14.7. The van der Waals surface area contributed by atoms with Crippen molar-refractivity contribution in [2.45, 2.75) is 13.5 Å². The number of urea groups is 1. The van der Waals surface area contributed by atoms with E-state index in [0.29, 0.717) is 19.6 Å². The summed E-state index contributed by atoms with van der Waals surface area (Å²) < 4.78 is 0. The molecule has 0 radical (unpaired) electrons. The summed E-state index contributed by atoms with van der Waals surface area (Å²) in [4.78, 5) is 28.9. The summed E-state index contributed by atoms with van der Waals surface area (Å²) in [7, 11) is 0. The van der Waals surface area contributed by atoms with Gasteiger partial charge in [0, 0.05) is 44.8 Å². The molecule has 0 aromatic carbocycles. The fourth-order valence-electron chi connectivity index (χ4n) is 2.57. The molecule has 2 aromatic heterocycles. The molecule has 7 nitrogen and oxygen atoms in total. The summed E-state index contributed by atoms with van der Waals surface area (Å²) >= 11 is 0. The van der Waals surface area contributed by atoms with Crippen molar-refractivity contribution in [2.75, 3.05) is 31.1 Å². The number of hydrogen-bond donors (Lipinski definition) is 1. The molecule has 2 amide bonds.